The number of para-hydroxylation sites is 1. The molecular formula is C20H18N2O4. The smallest absolute Gasteiger partial charge is 0.306 e. The third-order valence-corrected chi connectivity index (χ3v) is 4.09. The molecule has 1 aromatic heterocycles. The maximum Gasteiger partial charge on any atom is 0.306 e. The fraction of sp³-hybridized carbons (Fsp3) is 0.200. The van der Waals surface area contributed by atoms with Gasteiger partial charge in [-0.3, -0.25) is 19.0 Å². The number of rotatable bonds is 6. The van der Waals surface area contributed by atoms with E-state index in [1.807, 2.05) is 12.1 Å². The summed E-state index contributed by atoms with van der Waals surface area (Å²) in [4.78, 5) is 40.6. The summed E-state index contributed by atoms with van der Waals surface area (Å²) in [5.41, 5.74) is 0.940. The summed E-state index contributed by atoms with van der Waals surface area (Å²) in [5.74, 6) is -0.257. The first-order chi connectivity index (χ1) is 12.6. The fourth-order valence-corrected chi connectivity index (χ4v) is 2.63. The number of ether oxygens (including phenoxy) is 1. The number of benzene rings is 2. The number of aromatic nitrogens is 2. The second-order valence-corrected chi connectivity index (χ2v) is 5.86. The van der Waals surface area contributed by atoms with Crippen molar-refractivity contribution in [3.8, 4) is 0 Å². The van der Waals surface area contributed by atoms with Crippen LogP contribution >= 0.6 is 0 Å². The molecule has 0 aliphatic heterocycles. The first-order valence-corrected chi connectivity index (χ1v) is 8.25. The zero-order chi connectivity index (χ0) is 18.5. The normalized spacial score (nSPS) is 10.7. The third-order valence-electron chi connectivity index (χ3n) is 4.09. The lowest BCUT2D eigenvalue weighted by Gasteiger charge is -2.09. The van der Waals surface area contributed by atoms with E-state index in [1.54, 1.807) is 49.5 Å². The minimum absolute atomic E-state index is 0.0424. The molecule has 0 unspecified atom stereocenters. The molecule has 0 atom stereocenters. The van der Waals surface area contributed by atoms with Crippen LogP contribution in [0.2, 0.25) is 0 Å². The van der Waals surface area contributed by atoms with Crippen molar-refractivity contribution < 1.29 is 14.3 Å². The minimum atomic E-state index is -0.503. The van der Waals surface area contributed by atoms with E-state index in [-0.39, 0.29) is 30.8 Å². The van der Waals surface area contributed by atoms with Crippen LogP contribution in [-0.2, 0) is 23.0 Å². The standard InChI is InChI=1S/C20H18N2O4/c1-22-18(21-16-10-6-5-9-15(16)20(22)25)11-12-19(24)26-13-17(23)14-7-3-2-4-8-14/h2-10H,11-13H2,1H3. The quantitative estimate of drug-likeness (QED) is 0.503. The third kappa shape index (κ3) is 3.85. The van der Waals surface area contributed by atoms with Gasteiger partial charge in [0.1, 0.15) is 5.82 Å². The van der Waals surface area contributed by atoms with Gasteiger partial charge in [-0.2, -0.15) is 0 Å². The zero-order valence-electron chi connectivity index (χ0n) is 14.3. The molecule has 0 fully saturated rings. The molecule has 6 nitrogen and oxygen atoms in total. The molecule has 0 aliphatic rings. The van der Waals surface area contributed by atoms with Crippen molar-refractivity contribution in [3.63, 3.8) is 0 Å². The van der Waals surface area contributed by atoms with Crippen LogP contribution in [-0.4, -0.2) is 27.9 Å². The van der Waals surface area contributed by atoms with Crippen molar-refractivity contribution in [2.45, 2.75) is 12.8 Å². The predicted octanol–water partition coefficient (Wildman–Crippen LogP) is 2.29. The summed E-state index contributed by atoms with van der Waals surface area (Å²) in [6, 6.07) is 15.7. The van der Waals surface area contributed by atoms with E-state index in [4.69, 9.17) is 4.74 Å². The van der Waals surface area contributed by atoms with E-state index in [0.717, 1.165) is 0 Å². The number of esters is 1. The molecule has 0 amide bonds. The molecule has 6 heteroatoms. The van der Waals surface area contributed by atoms with Gasteiger partial charge < -0.3 is 4.74 Å². The fourth-order valence-electron chi connectivity index (χ4n) is 2.63. The van der Waals surface area contributed by atoms with Gasteiger partial charge in [-0.1, -0.05) is 42.5 Å². The lowest BCUT2D eigenvalue weighted by molar-refractivity contribution is -0.142. The molecule has 0 saturated heterocycles. The van der Waals surface area contributed by atoms with Gasteiger partial charge in [-0.25, -0.2) is 4.98 Å². The number of fused-ring (bicyclic) bond motifs is 1. The van der Waals surface area contributed by atoms with Crippen LogP contribution < -0.4 is 5.56 Å². The van der Waals surface area contributed by atoms with Gasteiger partial charge >= 0.3 is 5.97 Å². The largest absolute Gasteiger partial charge is 0.457 e. The molecule has 3 rings (SSSR count). The molecule has 0 N–H and O–H groups in total. The number of ketones is 1. The van der Waals surface area contributed by atoms with Gasteiger partial charge in [0.15, 0.2) is 12.4 Å². The number of carbonyl (C=O) groups excluding carboxylic acids is 2. The van der Waals surface area contributed by atoms with E-state index in [1.165, 1.54) is 4.57 Å². The first-order valence-electron chi connectivity index (χ1n) is 8.25. The average molecular weight is 350 g/mol. The van der Waals surface area contributed by atoms with Crippen LogP contribution in [0.25, 0.3) is 10.9 Å². The van der Waals surface area contributed by atoms with Gasteiger partial charge in [-0.05, 0) is 12.1 Å². The van der Waals surface area contributed by atoms with E-state index in [2.05, 4.69) is 4.98 Å². The molecule has 26 heavy (non-hydrogen) atoms. The Morgan fingerprint density at radius 3 is 2.50 bits per heavy atom. The molecule has 3 aromatic rings. The number of Topliss-reactive ketones (excluding diaryl/α,β-unsaturated/α-hetero) is 1. The van der Waals surface area contributed by atoms with Crippen molar-refractivity contribution >= 4 is 22.7 Å². The average Bonchev–Trinajstić information content (AvgIpc) is 2.68. The molecule has 132 valence electrons. The van der Waals surface area contributed by atoms with Crippen molar-refractivity contribution in [3.05, 3.63) is 76.3 Å². The molecule has 2 aromatic carbocycles. The van der Waals surface area contributed by atoms with E-state index in [9.17, 15) is 14.4 Å². The highest BCUT2D eigenvalue weighted by molar-refractivity contribution is 5.97. The number of carbonyl (C=O) groups is 2. The van der Waals surface area contributed by atoms with Crippen molar-refractivity contribution in [1.82, 2.24) is 9.55 Å². The van der Waals surface area contributed by atoms with Crippen molar-refractivity contribution in [1.29, 1.82) is 0 Å². The van der Waals surface area contributed by atoms with Crippen LogP contribution in [0, 0.1) is 0 Å². The summed E-state index contributed by atoms with van der Waals surface area (Å²) >= 11 is 0. The Bertz CT molecular complexity index is 1010. The Morgan fingerprint density at radius 2 is 1.73 bits per heavy atom. The number of nitrogens with zero attached hydrogens (tertiary/aromatic N) is 2. The number of hydrogen-bond donors (Lipinski definition) is 0. The summed E-state index contributed by atoms with van der Waals surface area (Å²) in [5, 5.41) is 0.537. The molecule has 0 aliphatic carbocycles. The van der Waals surface area contributed by atoms with E-state index >= 15 is 0 Å². The lowest BCUT2D eigenvalue weighted by atomic mass is 10.1. The SMILES string of the molecule is Cn1c(CCC(=O)OCC(=O)c2ccccc2)nc2ccccc2c1=O. The van der Waals surface area contributed by atoms with Gasteiger partial charge in [0, 0.05) is 19.0 Å². The Balaban J connectivity index is 1.61. The molecule has 0 radical (unpaired) electrons. The maximum atomic E-state index is 12.3. The Kier molecular flexibility index (Phi) is 5.22. The van der Waals surface area contributed by atoms with Crippen LogP contribution in [0.1, 0.15) is 22.6 Å². The minimum Gasteiger partial charge on any atom is -0.457 e. The highest BCUT2D eigenvalue weighted by Gasteiger charge is 2.12. The monoisotopic (exact) mass is 350 g/mol. The molecule has 1 heterocycles. The van der Waals surface area contributed by atoms with Crippen molar-refractivity contribution in [2.24, 2.45) is 7.05 Å². The van der Waals surface area contributed by atoms with E-state index < -0.39 is 5.97 Å². The highest BCUT2D eigenvalue weighted by atomic mass is 16.5. The van der Waals surface area contributed by atoms with Crippen LogP contribution in [0.3, 0.4) is 0 Å². The summed E-state index contributed by atoms with van der Waals surface area (Å²) in [6.45, 7) is -0.299. The lowest BCUT2D eigenvalue weighted by Crippen LogP contribution is -2.23. The number of hydrogen-bond acceptors (Lipinski definition) is 5. The summed E-state index contributed by atoms with van der Waals surface area (Å²) < 4.78 is 6.47. The molecule has 0 saturated carbocycles. The van der Waals surface area contributed by atoms with Crippen LogP contribution in [0.4, 0.5) is 0 Å². The number of aryl methyl sites for hydroxylation is 1. The summed E-state index contributed by atoms with van der Waals surface area (Å²) in [7, 11) is 1.63. The van der Waals surface area contributed by atoms with Crippen molar-refractivity contribution in [2.75, 3.05) is 6.61 Å². The Hall–Kier alpha value is -3.28. The maximum absolute atomic E-state index is 12.3. The topological polar surface area (TPSA) is 78.3 Å². The van der Waals surface area contributed by atoms with Gasteiger partial charge in [0.25, 0.3) is 5.56 Å². The Morgan fingerprint density at radius 1 is 1.04 bits per heavy atom. The predicted molar refractivity (Wildman–Crippen MR) is 97.0 cm³/mol. The highest BCUT2D eigenvalue weighted by Crippen LogP contribution is 2.09. The Labute approximate surface area is 150 Å². The molecule has 0 bridgehead atoms. The summed E-state index contributed by atoms with van der Waals surface area (Å²) in [6.07, 6.45) is 0.301. The first kappa shape index (κ1) is 17.5. The van der Waals surface area contributed by atoms with Gasteiger partial charge in [-0.15, -0.1) is 0 Å². The zero-order valence-corrected chi connectivity index (χ0v) is 14.3. The van der Waals surface area contributed by atoms with Crippen LogP contribution in [0.5, 0.6) is 0 Å². The van der Waals surface area contributed by atoms with Gasteiger partial charge in [0.2, 0.25) is 0 Å². The molecular weight excluding hydrogens is 332 g/mol. The van der Waals surface area contributed by atoms with Gasteiger partial charge in [0.05, 0.1) is 17.3 Å². The second kappa shape index (κ2) is 7.74. The second-order valence-electron chi connectivity index (χ2n) is 5.86. The van der Waals surface area contributed by atoms with Crippen LogP contribution in [0.15, 0.2) is 59.4 Å². The molecule has 0 spiro atoms. The van der Waals surface area contributed by atoms with E-state index in [0.29, 0.717) is 22.3 Å².